The molecule has 0 unspecified atom stereocenters. The van der Waals surface area contributed by atoms with Crippen molar-refractivity contribution in [3.8, 4) is 5.75 Å². The van der Waals surface area contributed by atoms with Gasteiger partial charge < -0.3 is 15.4 Å². The summed E-state index contributed by atoms with van der Waals surface area (Å²) >= 11 is 5.96. The third kappa shape index (κ3) is 4.82. The van der Waals surface area contributed by atoms with E-state index >= 15 is 0 Å². The zero-order chi connectivity index (χ0) is 17.7. The molecule has 2 N–H and O–H groups in total. The van der Waals surface area contributed by atoms with E-state index in [0.717, 1.165) is 0 Å². The summed E-state index contributed by atoms with van der Waals surface area (Å²) < 4.78 is 5.25. The van der Waals surface area contributed by atoms with E-state index in [1.165, 1.54) is 32.0 Å². The Morgan fingerprint density at radius 3 is 1.96 bits per heavy atom. The van der Waals surface area contributed by atoms with Crippen LogP contribution in [0, 0.1) is 0 Å². The Morgan fingerprint density at radius 1 is 0.917 bits per heavy atom. The van der Waals surface area contributed by atoms with Gasteiger partial charge in [-0.05, 0) is 30.3 Å². The van der Waals surface area contributed by atoms with Crippen LogP contribution in [0.25, 0.3) is 0 Å². The Morgan fingerprint density at radius 2 is 1.46 bits per heavy atom. The summed E-state index contributed by atoms with van der Waals surface area (Å²) in [6.07, 6.45) is 0. The van der Waals surface area contributed by atoms with E-state index in [1.54, 1.807) is 24.3 Å². The SMILES string of the molecule is CC(=O)Nc1cc(NC(C)=O)cc(C(=O)Oc2ccccc2Cl)c1. The quantitative estimate of drug-likeness (QED) is 0.655. The van der Waals surface area contributed by atoms with Crippen LogP contribution >= 0.6 is 11.6 Å². The zero-order valence-corrected chi connectivity index (χ0v) is 13.8. The first-order chi connectivity index (χ1) is 11.3. The van der Waals surface area contributed by atoms with Gasteiger partial charge in [0.05, 0.1) is 10.6 Å². The maximum Gasteiger partial charge on any atom is 0.343 e. The fourth-order valence-electron chi connectivity index (χ4n) is 1.98. The first kappa shape index (κ1) is 17.5. The Bertz CT molecular complexity index is 771. The number of para-hydroxylation sites is 1. The van der Waals surface area contributed by atoms with Crippen molar-refractivity contribution in [1.29, 1.82) is 0 Å². The van der Waals surface area contributed by atoms with Gasteiger partial charge in [0.15, 0.2) is 0 Å². The lowest BCUT2D eigenvalue weighted by molar-refractivity contribution is -0.115. The minimum Gasteiger partial charge on any atom is -0.421 e. The molecule has 124 valence electrons. The number of halogens is 1. The van der Waals surface area contributed by atoms with Gasteiger partial charge in [0, 0.05) is 25.2 Å². The van der Waals surface area contributed by atoms with Crippen molar-refractivity contribution in [2.75, 3.05) is 10.6 Å². The fraction of sp³-hybridized carbons (Fsp3) is 0.118. The molecule has 6 nitrogen and oxygen atoms in total. The molecule has 0 heterocycles. The topological polar surface area (TPSA) is 84.5 Å². The zero-order valence-electron chi connectivity index (χ0n) is 13.1. The largest absolute Gasteiger partial charge is 0.421 e. The van der Waals surface area contributed by atoms with Gasteiger partial charge in [-0.2, -0.15) is 0 Å². The van der Waals surface area contributed by atoms with E-state index in [1.807, 2.05) is 0 Å². The summed E-state index contributed by atoms with van der Waals surface area (Å²) in [5, 5.41) is 5.43. The summed E-state index contributed by atoms with van der Waals surface area (Å²) in [7, 11) is 0. The minimum absolute atomic E-state index is 0.157. The Kier molecular flexibility index (Phi) is 5.55. The minimum atomic E-state index is -0.665. The van der Waals surface area contributed by atoms with E-state index in [9.17, 15) is 14.4 Å². The monoisotopic (exact) mass is 346 g/mol. The van der Waals surface area contributed by atoms with Gasteiger partial charge in [-0.15, -0.1) is 0 Å². The van der Waals surface area contributed by atoms with Crippen molar-refractivity contribution < 1.29 is 19.1 Å². The first-order valence-corrected chi connectivity index (χ1v) is 7.40. The van der Waals surface area contributed by atoms with Crippen LogP contribution < -0.4 is 15.4 Å². The number of anilines is 2. The molecular weight excluding hydrogens is 332 g/mol. The molecule has 0 saturated carbocycles. The molecule has 0 aliphatic carbocycles. The third-order valence-corrected chi connectivity index (χ3v) is 3.16. The highest BCUT2D eigenvalue weighted by Crippen LogP contribution is 2.26. The van der Waals surface area contributed by atoms with Crippen LogP contribution in [-0.2, 0) is 9.59 Å². The lowest BCUT2D eigenvalue weighted by atomic mass is 10.1. The molecule has 2 rings (SSSR count). The number of amides is 2. The molecule has 2 amide bonds. The van der Waals surface area contributed by atoms with E-state index in [0.29, 0.717) is 16.4 Å². The number of rotatable bonds is 4. The number of benzene rings is 2. The fourth-order valence-corrected chi connectivity index (χ4v) is 2.16. The predicted molar refractivity (Wildman–Crippen MR) is 91.5 cm³/mol. The number of ether oxygens (including phenoxy) is 1. The number of esters is 1. The number of carbonyl (C=O) groups excluding carboxylic acids is 3. The van der Waals surface area contributed by atoms with Gasteiger partial charge in [0.1, 0.15) is 5.75 Å². The van der Waals surface area contributed by atoms with Gasteiger partial charge in [-0.25, -0.2) is 4.79 Å². The number of hydrogen-bond acceptors (Lipinski definition) is 4. The molecule has 0 spiro atoms. The van der Waals surface area contributed by atoms with E-state index in [2.05, 4.69) is 10.6 Å². The van der Waals surface area contributed by atoms with Gasteiger partial charge in [0.25, 0.3) is 0 Å². The molecule has 7 heteroatoms. The van der Waals surface area contributed by atoms with Crippen LogP contribution in [0.3, 0.4) is 0 Å². The normalized spacial score (nSPS) is 9.96. The van der Waals surface area contributed by atoms with Crippen LogP contribution in [0.1, 0.15) is 24.2 Å². The number of carbonyl (C=O) groups is 3. The van der Waals surface area contributed by atoms with Crippen molar-refractivity contribution in [3.05, 3.63) is 53.1 Å². The van der Waals surface area contributed by atoms with Crippen molar-refractivity contribution in [2.45, 2.75) is 13.8 Å². The van der Waals surface area contributed by atoms with E-state index in [4.69, 9.17) is 16.3 Å². The molecule has 2 aromatic rings. The molecule has 2 aromatic carbocycles. The summed E-state index contributed by atoms with van der Waals surface area (Å²) in [5.41, 5.74) is 0.879. The molecule has 0 aliphatic heterocycles. The smallest absolute Gasteiger partial charge is 0.343 e. The van der Waals surface area contributed by atoms with Crippen LogP contribution in [-0.4, -0.2) is 17.8 Å². The summed E-state index contributed by atoms with van der Waals surface area (Å²) in [4.78, 5) is 34.8. The second-order valence-electron chi connectivity index (χ2n) is 4.98. The number of nitrogens with one attached hydrogen (secondary N) is 2. The van der Waals surface area contributed by atoms with Crippen molar-refractivity contribution in [3.63, 3.8) is 0 Å². The van der Waals surface area contributed by atoms with Crippen molar-refractivity contribution in [1.82, 2.24) is 0 Å². The summed E-state index contributed by atoms with van der Waals surface area (Å²) in [6, 6.07) is 11.0. The Balaban J connectivity index is 2.32. The second-order valence-corrected chi connectivity index (χ2v) is 5.39. The molecule has 0 fully saturated rings. The van der Waals surface area contributed by atoms with E-state index in [-0.39, 0.29) is 23.1 Å². The van der Waals surface area contributed by atoms with E-state index < -0.39 is 5.97 Å². The lowest BCUT2D eigenvalue weighted by Crippen LogP contribution is -2.13. The van der Waals surface area contributed by atoms with Crippen LogP contribution in [0.4, 0.5) is 11.4 Å². The maximum atomic E-state index is 12.3. The molecule has 0 radical (unpaired) electrons. The molecule has 24 heavy (non-hydrogen) atoms. The van der Waals surface area contributed by atoms with Crippen LogP contribution in [0.15, 0.2) is 42.5 Å². The van der Waals surface area contributed by atoms with Crippen LogP contribution in [0.2, 0.25) is 5.02 Å². The molecule has 0 aliphatic rings. The standard InChI is InChI=1S/C17H15ClN2O4/c1-10(21)19-13-7-12(8-14(9-13)20-11(2)22)17(23)24-16-6-4-3-5-15(16)18/h3-9H,1-2H3,(H,19,21)(H,20,22). The molecule has 0 atom stereocenters. The average molecular weight is 347 g/mol. The molecule has 0 saturated heterocycles. The molecule has 0 bridgehead atoms. The van der Waals surface area contributed by atoms with Gasteiger partial charge in [0.2, 0.25) is 11.8 Å². The van der Waals surface area contributed by atoms with Crippen molar-refractivity contribution in [2.24, 2.45) is 0 Å². The summed E-state index contributed by atoms with van der Waals surface area (Å²) in [6.45, 7) is 2.68. The highest BCUT2D eigenvalue weighted by molar-refractivity contribution is 6.32. The van der Waals surface area contributed by atoms with Gasteiger partial charge in [-0.3, -0.25) is 9.59 Å². The molecule has 0 aromatic heterocycles. The highest BCUT2D eigenvalue weighted by Gasteiger charge is 2.14. The summed E-state index contributed by atoms with van der Waals surface area (Å²) in [5.74, 6) is -1.06. The predicted octanol–water partition coefficient (Wildman–Crippen LogP) is 3.48. The first-order valence-electron chi connectivity index (χ1n) is 7.02. The van der Waals surface area contributed by atoms with Crippen LogP contribution in [0.5, 0.6) is 5.75 Å². The van der Waals surface area contributed by atoms with Crippen molar-refractivity contribution >= 4 is 40.8 Å². The highest BCUT2D eigenvalue weighted by atomic mass is 35.5. The Labute approximate surface area is 143 Å². The third-order valence-electron chi connectivity index (χ3n) is 2.85. The van der Waals surface area contributed by atoms with Gasteiger partial charge in [-0.1, -0.05) is 23.7 Å². The average Bonchev–Trinajstić information content (AvgIpc) is 2.48. The van der Waals surface area contributed by atoms with Gasteiger partial charge >= 0.3 is 5.97 Å². The molecular formula is C17H15ClN2O4. The maximum absolute atomic E-state index is 12.3. The lowest BCUT2D eigenvalue weighted by Gasteiger charge is -2.11. The Hall–Kier alpha value is -2.86. The number of hydrogen-bond donors (Lipinski definition) is 2. The second kappa shape index (κ2) is 7.61.